The van der Waals surface area contributed by atoms with Gasteiger partial charge in [-0.25, -0.2) is 5.43 Å². The molecule has 2 N–H and O–H groups in total. The van der Waals surface area contributed by atoms with Crippen molar-refractivity contribution >= 4 is 28.9 Å². The van der Waals surface area contributed by atoms with E-state index in [0.717, 1.165) is 19.3 Å². The number of amides is 1. The molecule has 8 nitrogen and oxygen atoms in total. The summed E-state index contributed by atoms with van der Waals surface area (Å²) < 4.78 is 0. The largest absolute Gasteiger partial charge is 0.362 e. The lowest BCUT2D eigenvalue weighted by molar-refractivity contribution is -0.384. The van der Waals surface area contributed by atoms with E-state index in [1.807, 2.05) is 9.80 Å². The van der Waals surface area contributed by atoms with Crippen LogP contribution in [0.5, 0.6) is 0 Å². The molecule has 142 valence electrons. The van der Waals surface area contributed by atoms with Gasteiger partial charge in [0.15, 0.2) is 0 Å². The van der Waals surface area contributed by atoms with E-state index in [9.17, 15) is 14.9 Å². The van der Waals surface area contributed by atoms with Gasteiger partial charge < -0.3 is 9.80 Å². The monoisotopic (exact) mass is 381 g/mol. The Morgan fingerprint density at radius 1 is 1.31 bits per heavy atom. The number of hydrogen-bond acceptors (Lipinski definition) is 6. The molecule has 2 aliphatic heterocycles. The second kappa shape index (κ2) is 8.20. The maximum Gasteiger partial charge on any atom is 0.294 e. The maximum absolute atomic E-state index is 12.7. The Balaban J connectivity index is 1.60. The molecular formula is C17H24ClN5O3. The molecule has 0 radical (unpaired) electrons. The molecular weight excluding hydrogens is 358 g/mol. The Hall–Kier alpha value is -1.90. The Morgan fingerprint density at radius 2 is 2.04 bits per heavy atom. The van der Waals surface area contributed by atoms with Crippen LogP contribution in [0.4, 0.5) is 11.4 Å². The second-order valence-corrected chi connectivity index (χ2v) is 7.20. The first-order valence-corrected chi connectivity index (χ1v) is 9.36. The van der Waals surface area contributed by atoms with Crippen molar-refractivity contribution in [2.75, 3.05) is 31.1 Å². The van der Waals surface area contributed by atoms with Gasteiger partial charge in [-0.05, 0) is 25.0 Å². The number of benzene rings is 1. The number of halogens is 1. The molecule has 2 fully saturated rings. The molecule has 2 heterocycles. The predicted octanol–water partition coefficient (Wildman–Crippen LogP) is 1.93. The quantitative estimate of drug-likeness (QED) is 0.598. The number of nitro groups is 1. The van der Waals surface area contributed by atoms with Crippen LogP contribution in [0.1, 0.15) is 26.2 Å². The molecule has 0 aliphatic carbocycles. The molecule has 26 heavy (non-hydrogen) atoms. The molecule has 2 aliphatic rings. The van der Waals surface area contributed by atoms with E-state index in [4.69, 9.17) is 11.6 Å². The van der Waals surface area contributed by atoms with Crippen LogP contribution in [0, 0.1) is 10.1 Å². The zero-order valence-corrected chi connectivity index (χ0v) is 15.5. The Kier molecular flexibility index (Phi) is 5.95. The average Bonchev–Trinajstić information content (AvgIpc) is 3.10. The van der Waals surface area contributed by atoms with Gasteiger partial charge in [0.2, 0.25) is 5.91 Å². The number of hydrogen-bond donors (Lipinski definition) is 2. The minimum atomic E-state index is -0.416. The summed E-state index contributed by atoms with van der Waals surface area (Å²) in [6.07, 6.45) is 2.93. The van der Waals surface area contributed by atoms with Crippen LogP contribution >= 0.6 is 11.6 Å². The Morgan fingerprint density at radius 3 is 2.69 bits per heavy atom. The highest BCUT2D eigenvalue weighted by atomic mass is 35.5. The van der Waals surface area contributed by atoms with Crippen LogP contribution in [0.15, 0.2) is 18.2 Å². The van der Waals surface area contributed by atoms with Crippen molar-refractivity contribution < 1.29 is 9.72 Å². The molecule has 3 rings (SSSR count). The molecule has 1 aromatic carbocycles. The van der Waals surface area contributed by atoms with Crippen molar-refractivity contribution in [2.45, 2.75) is 38.3 Å². The molecule has 0 saturated carbocycles. The smallest absolute Gasteiger partial charge is 0.294 e. The van der Waals surface area contributed by atoms with Crippen molar-refractivity contribution in [1.82, 2.24) is 15.8 Å². The van der Waals surface area contributed by atoms with E-state index in [1.54, 1.807) is 12.1 Å². The van der Waals surface area contributed by atoms with Crippen LogP contribution in [0.3, 0.4) is 0 Å². The van der Waals surface area contributed by atoms with Crippen LogP contribution in [-0.4, -0.2) is 54.0 Å². The van der Waals surface area contributed by atoms with Crippen LogP contribution in [-0.2, 0) is 4.79 Å². The SMILES string of the molecule is CCCC1CC(C(=O)N2CCN(c3ccc(Cl)cc3[N+](=O)[O-])CC2)NN1. The fourth-order valence-electron chi connectivity index (χ4n) is 3.62. The Bertz CT molecular complexity index is 678. The van der Waals surface area contributed by atoms with E-state index >= 15 is 0 Å². The fraction of sp³-hybridized carbons (Fsp3) is 0.588. The zero-order chi connectivity index (χ0) is 18.7. The van der Waals surface area contributed by atoms with Gasteiger partial charge in [-0.1, -0.05) is 24.9 Å². The summed E-state index contributed by atoms with van der Waals surface area (Å²) in [4.78, 5) is 27.3. The molecule has 2 unspecified atom stereocenters. The molecule has 0 aromatic heterocycles. The minimum Gasteiger partial charge on any atom is -0.362 e. The molecule has 0 spiro atoms. The maximum atomic E-state index is 12.7. The number of nitro benzene ring substituents is 1. The highest BCUT2D eigenvalue weighted by molar-refractivity contribution is 6.30. The number of nitrogens with zero attached hydrogens (tertiary/aromatic N) is 3. The summed E-state index contributed by atoms with van der Waals surface area (Å²) in [7, 11) is 0. The first kappa shape index (κ1) is 18.9. The third kappa shape index (κ3) is 4.08. The molecule has 1 aromatic rings. The summed E-state index contributed by atoms with van der Waals surface area (Å²) in [6, 6.07) is 4.85. The van der Waals surface area contributed by atoms with Gasteiger partial charge in [0.1, 0.15) is 11.7 Å². The number of piperazine rings is 1. The number of hydrazine groups is 1. The van der Waals surface area contributed by atoms with E-state index in [2.05, 4.69) is 17.8 Å². The van der Waals surface area contributed by atoms with Crippen molar-refractivity contribution in [2.24, 2.45) is 0 Å². The molecule has 1 amide bonds. The van der Waals surface area contributed by atoms with Crippen molar-refractivity contribution in [3.05, 3.63) is 33.3 Å². The summed E-state index contributed by atoms with van der Waals surface area (Å²) in [6.45, 7) is 4.36. The second-order valence-electron chi connectivity index (χ2n) is 6.77. The fourth-order valence-corrected chi connectivity index (χ4v) is 3.79. The molecule has 9 heteroatoms. The summed E-state index contributed by atoms with van der Waals surface area (Å²) in [5, 5.41) is 11.6. The van der Waals surface area contributed by atoms with E-state index in [1.165, 1.54) is 6.07 Å². The first-order valence-electron chi connectivity index (χ1n) is 8.98. The van der Waals surface area contributed by atoms with Crippen LogP contribution < -0.4 is 15.8 Å². The van der Waals surface area contributed by atoms with Crippen LogP contribution in [0.25, 0.3) is 0 Å². The number of carbonyl (C=O) groups excluding carboxylic acids is 1. The molecule has 0 bridgehead atoms. The minimum absolute atomic E-state index is 0.00124. The van der Waals surface area contributed by atoms with Crippen molar-refractivity contribution in [1.29, 1.82) is 0 Å². The lowest BCUT2D eigenvalue weighted by Gasteiger charge is -2.36. The highest BCUT2D eigenvalue weighted by Crippen LogP contribution is 2.31. The summed E-state index contributed by atoms with van der Waals surface area (Å²) in [5.41, 5.74) is 6.85. The number of anilines is 1. The zero-order valence-electron chi connectivity index (χ0n) is 14.8. The average molecular weight is 382 g/mol. The number of carbonyl (C=O) groups is 1. The van der Waals surface area contributed by atoms with Gasteiger partial charge in [0.05, 0.1) is 4.92 Å². The Labute approximate surface area is 157 Å². The first-order chi connectivity index (χ1) is 12.5. The van der Waals surface area contributed by atoms with E-state index < -0.39 is 4.92 Å². The lowest BCUT2D eigenvalue weighted by atomic mass is 10.0. The van der Waals surface area contributed by atoms with E-state index in [-0.39, 0.29) is 17.6 Å². The van der Waals surface area contributed by atoms with Gasteiger partial charge >= 0.3 is 0 Å². The predicted molar refractivity (Wildman–Crippen MR) is 100 cm³/mol. The van der Waals surface area contributed by atoms with Crippen molar-refractivity contribution in [3.63, 3.8) is 0 Å². The van der Waals surface area contributed by atoms with Gasteiger partial charge in [0, 0.05) is 43.3 Å². The third-order valence-corrected chi connectivity index (χ3v) is 5.22. The number of nitrogens with one attached hydrogen (secondary N) is 2. The van der Waals surface area contributed by atoms with E-state index in [0.29, 0.717) is 42.9 Å². The van der Waals surface area contributed by atoms with Gasteiger partial charge in [-0.3, -0.25) is 20.3 Å². The van der Waals surface area contributed by atoms with Gasteiger partial charge in [0.25, 0.3) is 5.69 Å². The third-order valence-electron chi connectivity index (χ3n) is 4.98. The molecule has 2 saturated heterocycles. The van der Waals surface area contributed by atoms with Gasteiger partial charge in [-0.15, -0.1) is 0 Å². The normalized spacial score (nSPS) is 23.3. The van der Waals surface area contributed by atoms with Crippen molar-refractivity contribution in [3.8, 4) is 0 Å². The topological polar surface area (TPSA) is 90.8 Å². The van der Waals surface area contributed by atoms with Gasteiger partial charge in [-0.2, -0.15) is 0 Å². The standard InChI is InChI=1S/C17H24ClN5O3/c1-2-3-13-11-14(20-19-13)17(24)22-8-6-21(7-9-22)15-5-4-12(18)10-16(15)23(25)26/h4-5,10,13-14,19-20H,2-3,6-9,11H2,1H3. The highest BCUT2D eigenvalue weighted by Gasteiger charge is 2.33. The van der Waals surface area contributed by atoms with Crippen LogP contribution in [0.2, 0.25) is 5.02 Å². The number of rotatable bonds is 5. The molecule has 2 atom stereocenters. The lowest BCUT2D eigenvalue weighted by Crippen LogP contribution is -2.53. The summed E-state index contributed by atoms with van der Waals surface area (Å²) in [5.74, 6) is 0.0985. The summed E-state index contributed by atoms with van der Waals surface area (Å²) >= 11 is 5.88.